The van der Waals surface area contributed by atoms with Crippen LogP contribution in [0.15, 0.2) is 35.9 Å². The summed E-state index contributed by atoms with van der Waals surface area (Å²) in [5.41, 5.74) is 2.85. The molecule has 0 aliphatic rings. The van der Waals surface area contributed by atoms with Crippen LogP contribution in [0.5, 0.6) is 0 Å². The predicted molar refractivity (Wildman–Crippen MR) is 93.6 cm³/mol. The monoisotopic (exact) mass is 295 g/mol. The van der Waals surface area contributed by atoms with Crippen molar-refractivity contribution < 1.29 is 0 Å². The summed E-state index contributed by atoms with van der Waals surface area (Å²) in [5, 5.41) is 3.61. The summed E-state index contributed by atoms with van der Waals surface area (Å²) in [5.74, 6) is 0. The number of rotatable bonds is 9. The van der Waals surface area contributed by atoms with Crippen molar-refractivity contribution in [2.24, 2.45) is 0 Å². The van der Waals surface area contributed by atoms with Gasteiger partial charge >= 0.3 is 0 Å². The highest BCUT2D eigenvalue weighted by atomic mass is 35.5. The molecule has 0 heterocycles. The summed E-state index contributed by atoms with van der Waals surface area (Å²) < 4.78 is 0. The maximum Gasteiger partial charge on any atom is 0.0170 e. The Morgan fingerprint density at radius 1 is 1.15 bits per heavy atom. The molecule has 0 aromatic heterocycles. The van der Waals surface area contributed by atoms with Crippen LogP contribution >= 0.6 is 12.4 Å². The van der Waals surface area contributed by atoms with Crippen molar-refractivity contribution in [2.45, 2.75) is 58.9 Å². The minimum absolute atomic E-state index is 0. The standard InChI is InChI=1S/C18H29N.ClH/c1-4-6-8-13-18(15-19-16(3)5-2)14-17-11-9-7-10-12-17;/h7,9-12,14,16,19H,4-6,8,13,15H2,1-3H3;1H. The van der Waals surface area contributed by atoms with Gasteiger partial charge in [-0.2, -0.15) is 0 Å². The molecular formula is C18H30ClN. The molecule has 0 aliphatic carbocycles. The third kappa shape index (κ3) is 8.39. The van der Waals surface area contributed by atoms with Crippen LogP contribution in [-0.4, -0.2) is 12.6 Å². The number of hydrogen-bond donors (Lipinski definition) is 1. The number of hydrogen-bond acceptors (Lipinski definition) is 1. The van der Waals surface area contributed by atoms with E-state index in [4.69, 9.17) is 0 Å². The van der Waals surface area contributed by atoms with Gasteiger partial charge in [-0.25, -0.2) is 0 Å². The maximum absolute atomic E-state index is 3.61. The van der Waals surface area contributed by atoms with E-state index in [0.717, 1.165) is 6.54 Å². The smallest absolute Gasteiger partial charge is 0.0170 e. The third-order valence-electron chi connectivity index (χ3n) is 3.56. The normalized spacial score (nSPS) is 12.8. The molecule has 0 radical (unpaired) electrons. The highest BCUT2D eigenvalue weighted by Gasteiger charge is 2.02. The highest BCUT2D eigenvalue weighted by Crippen LogP contribution is 2.13. The van der Waals surface area contributed by atoms with Gasteiger partial charge in [0.2, 0.25) is 0 Å². The Kier molecular flexibility index (Phi) is 11.5. The number of unbranched alkanes of at least 4 members (excludes halogenated alkanes) is 2. The van der Waals surface area contributed by atoms with E-state index in [-0.39, 0.29) is 12.4 Å². The summed E-state index contributed by atoms with van der Waals surface area (Å²) >= 11 is 0. The molecule has 1 atom stereocenters. The minimum Gasteiger partial charge on any atom is -0.311 e. The summed E-state index contributed by atoms with van der Waals surface area (Å²) in [6.07, 6.45) is 8.68. The van der Waals surface area contributed by atoms with Gasteiger partial charge in [0.25, 0.3) is 0 Å². The van der Waals surface area contributed by atoms with Gasteiger partial charge in [0.15, 0.2) is 0 Å². The van der Waals surface area contributed by atoms with Crippen LogP contribution < -0.4 is 5.32 Å². The van der Waals surface area contributed by atoms with Crippen molar-refractivity contribution in [3.05, 3.63) is 41.5 Å². The number of nitrogens with one attached hydrogen (secondary N) is 1. The van der Waals surface area contributed by atoms with E-state index in [0.29, 0.717) is 6.04 Å². The van der Waals surface area contributed by atoms with Gasteiger partial charge in [-0.05, 0) is 31.7 Å². The zero-order valence-corrected chi connectivity index (χ0v) is 14.0. The van der Waals surface area contributed by atoms with E-state index in [1.807, 2.05) is 0 Å². The molecule has 1 unspecified atom stereocenters. The van der Waals surface area contributed by atoms with Crippen molar-refractivity contribution in [3.63, 3.8) is 0 Å². The Bertz CT molecular complexity index is 359. The van der Waals surface area contributed by atoms with Gasteiger partial charge < -0.3 is 5.32 Å². The van der Waals surface area contributed by atoms with Crippen LogP contribution in [-0.2, 0) is 0 Å². The molecule has 0 saturated heterocycles. The van der Waals surface area contributed by atoms with E-state index in [2.05, 4.69) is 62.5 Å². The fourth-order valence-corrected chi connectivity index (χ4v) is 2.05. The summed E-state index contributed by atoms with van der Waals surface area (Å²) in [6, 6.07) is 11.3. The van der Waals surface area contributed by atoms with Crippen LogP contribution in [0.2, 0.25) is 0 Å². The molecule has 20 heavy (non-hydrogen) atoms. The molecule has 114 valence electrons. The first kappa shape index (κ1) is 19.2. The van der Waals surface area contributed by atoms with Gasteiger partial charge in [0.1, 0.15) is 0 Å². The van der Waals surface area contributed by atoms with Crippen molar-refractivity contribution in [3.8, 4) is 0 Å². The second-order valence-electron chi connectivity index (χ2n) is 5.36. The number of halogens is 1. The second-order valence-corrected chi connectivity index (χ2v) is 5.36. The summed E-state index contributed by atoms with van der Waals surface area (Å²) in [7, 11) is 0. The molecule has 0 aliphatic heterocycles. The average Bonchev–Trinajstić information content (AvgIpc) is 2.45. The Hall–Kier alpha value is -0.790. The molecule has 0 spiro atoms. The lowest BCUT2D eigenvalue weighted by Gasteiger charge is -2.14. The lowest BCUT2D eigenvalue weighted by molar-refractivity contribution is 0.551. The molecule has 0 saturated carbocycles. The predicted octanol–water partition coefficient (Wildman–Crippen LogP) is 5.46. The van der Waals surface area contributed by atoms with Crippen LogP contribution in [0.25, 0.3) is 6.08 Å². The fraction of sp³-hybridized carbons (Fsp3) is 0.556. The van der Waals surface area contributed by atoms with E-state index < -0.39 is 0 Å². The van der Waals surface area contributed by atoms with Crippen LogP contribution in [0.4, 0.5) is 0 Å². The van der Waals surface area contributed by atoms with Crippen molar-refractivity contribution in [1.82, 2.24) is 5.32 Å². The Labute approximate surface area is 131 Å². The van der Waals surface area contributed by atoms with Gasteiger partial charge in [-0.3, -0.25) is 0 Å². The topological polar surface area (TPSA) is 12.0 Å². The van der Waals surface area contributed by atoms with Gasteiger partial charge in [0.05, 0.1) is 0 Å². The molecular weight excluding hydrogens is 266 g/mol. The molecule has 1 nitrogen and oxygen atoms in total. The first-order valence-electron chi connectivity index (χ1n) is 7.74. The lowest BCUT2D eigenvalue weighted by atomic mass is 10.0. The van der Waals surface area contributed by atoms with Crippen LogP contribution in [0.3, 0.4) is 0 Å². The maximum atomic E-state index is 3.61. The molecule has 1 N–H and O–H groups in total. The van der Waals surface area contributed by atoms with Crippen LogP contribution in [0, 0.1) is 0 Å². The second kappa shape index (κ2) is 12.0. The first-order valence-corrected chi connectivity index (χ1v) is 7.74. The minimum atomic E-state index is 0. The third-order valence-corrected chi connectivity index (χ3v) is 3.56. The van der Waals surface area contributed by atoms with E-state index in [1.165, 1.54) is 43.2 Å². The molecule has 2 heteroatoms. The first-order chi connectivity index (χ1) is 9.26. The van der Waals surface area contributed by atoms with Gasteiger partial charge in [-0.1, -0.05) is 68.7 Å². The Balaban J connectivity index is 0.00000361. The molecule has 1 rings (SSSR count). The van der Waals surface area contributed by atoms with E-state index in [9.17, 15) is 0 Å². The quantitative estimate of drug-likeness (QED) is 0.596. The van der Waals surface area contributed by atoms with E-state index >= 15 is 0 Å². The zero-order valence-electron chi connectivity index (χ0n) is 13.2. The SMILES string of the molecule is CCCCCC(=Cc1ccccc1)CNC(C)CC.Cl. The Morgan fingerprint density at radius 2 is 1.85 bits per heavy atom. The fourth-order valence-electron chi connectivity index (χ4n) is 2.05. The molecule has 1 aromatic carbocycles. The van der Waals surface area contributed by atoms with Gasteiger partial charge in [0, 0.05) is 12.6 Å². The van der Waals surface area contributed by atoms with Gasteiger partial charge in [-0.15, -0.1) is 12.4 Å². The average molecular weight is 296 g/mol. The van der Waals surface area contributed by atoms with Crippen molar-refractivity contribution in [1.29, 1.82) is 0 Å². The largest absolute Gasteiger partial charge is 0.311 e. The molecule has 0 fully saturated rings. The van der Waals surface area contributed by atoms with Crippen molar-refractivity contribution >= 4 is 18.5 Å². The number of benzene rings is 1. The summed E-state index contributed by atoms with van der Waals surface area (Å²) in [6.45, 7) is 7.77. The Morgan fingerprint density at radius 3 is 2.45 bits per heavy atom. The van der Waals surface area contributed by atoms with Crippen LogP contribution in [0.1, 0.15) is 58.4 Å². The zero-order chi connectivity index (χ0) is 13.9. The van der Waals surface area contributed by atoms with E-state index in [1.54, 1.807) is 0 Å². The molecule has 0 bridgehead atoms. The molecule has 1 aromatic rings. The lowest BCUT2D eigenvalue weighted by Crippen LogP contribution is -2.27. The van der Waals surface area contributed by atoms with Crippen molar-refractivity contribution in [2.75, 3.05) is 6.54 Å². The highest BCUT2D eigenvalue weighted by molar-refractivity contribution is 5.85. The molecule has 0 amide bonds. The summed E-state index contributed by atoms with van der Waals surface area (Å²) in [4.78, 5) is 0.